The SMILES string of the molecule is Cc1cc(C(=O)NCCCOCC(C)C)c(C)n1Cc1ccccn1. The van der Waals surface area contributed by atoms with Crippen LogP contribution in [0.4, 0.5) is 0 Å². The highest BCUT2D eigenvalue weighted by Gasteiger charge is 2.15. The number of hydrogen-bond acceptors (Lipinski definition) is 3. The van der Waals surface area contributed by atoms with Gasteiger partial charge in [0.25, 0.3) is 5.91 Å². The monoisotopic (exact) mass is 343 g/mol. The van der Waals surface area contributed by atoms with E-state index in [9.17, 15) is 4.79 Å². The molecule has 0 bridgehead atoms. The minimum Gasteiger partial charge on any atom is -0.381 e. The van der Waals surface area contributed by atoms with Crippen LogP contribution in [0.25, 0.3) is 0 Å². The molecule has 5 nitrogen and oxygen atoms in total. The first-order valence-corrected chi connectivity index (χ1v) is 8.91. The van der Waals surface area contributed by atoms with E-state index in [4.69, 9.17) is 4.74 Å². The van der Waals surface area contributed by atoms with Crippen molar-refractivity contribution >= 4 is 5.91 Å². The highest BCUT2D eigenvalue weighted by molar-refractivity contribution is 5.95. The molecule has 25 heavy (non-hydrogen) atoms. The molecule has 2 aromatic rings. The Bertz CT molecular complexity index is 678. The smallest absolute Gasteiger partial charge is 0.253 e. The summed E-state index contributed by atoms with van der Waals surface area (Å²) < 4.78 is 7.66. The second kappa shape index (κ2) is 9.37. The maximum atomic E-state index is 12.4. The molecule has 0 radical (unpaired) electrons. The van der Waals surface area contributed by atoms with E-state index in [0.717, 1.165) is 35.7 Å². The fourth-order valence-electron chi connectivity index (χ4n) is 2.72. The summed E-state index contributed by atoms with van der Waals surface area (Å²) in [5.74, 6) is 0.517. The van der Waals surface area contributed by atoms with Gasteiger partial charge in [-0.25, -0.2) is 0 Å². The van der Waals surface area contributed by atoms with Gasteiger partial charge in [-0.2, -0.15) is 0 Å². The summed E-state index contributed by atoms with van der Waals surface area (Å²) in [4.78, 5) is 16.8. The van der Waals surface area contributed by atoms with Crippen LogP contribution in [0.1, 0.15) is 47.7 Å². The van der Waals surface area contributed by atoms with E-state index in [1.807, 2.05) is 38.1 Å². The zero-order valence-electron chi connectivity index (χ0n) is 15.7. The van der Waals surface area contributed by atoms with Crippen molar-refractivity contribution in [2.24, 2.45) is 5.92 Å². The quantitative estimate of drug-likeness (QED) is 0.711. The van der Waals surface area contributed by atoms with Gasteiger partial charge in [0, 0.05) is 37.3 Å². The number of rotatable bonds is 9. The number of hydrogen-bond donors (Lipinski definition) is 1. The van der Waals surface area contributed by atoms with E-state index >= 15 is 0 Å². The van der Waals surface area contributed by atoms with Crippen molar-refractivity contribution in [1.82, 2.24) is 14.9 Å². The largest absolute Gasteiger partial charge is 0.381 e. The predicted octanol–water partition coefficient (Wildman–Crippen LogP) is 3.34. The highest BCUT2D eigenvalue weighted by Crippen LogP contribution is 2.16. The average molecular weight is 343 g/mol. The third-order valence-corrected chi connectivity index (χ3v) is 4.07. The Kier molecular flexibility index (Phi) is 7.19. The number of nitrogens with one attached hydrogen (secondary N) is 1. The number of amides is 1. The van der Waals surface area contributed by atoms with Crippen LogP contribution in [0.2, 0.25) is 0 Å². The summed E-state index contributed by atoms with van der Waals surface area (Å²) >= 11 is 0. The maximum absolute atomic E-state index is 12.4. The van der Waals surface area contributed by atoms with Gasteiger partial charge in [-0.05, 0) is 44.4 Å². The average Bonchev–Trinajstić information content (AvgIpc) is 2.87. The van der Waals surface area contributed by atoms with Crippen molar-refractivity contribution in [3.8, 4) is 0 Å². The molecule has 136 valence electrons. The van der Waals surface area contributed by atoms with Crippen LogP contribution < -0.4 is 5.32 Å². The third kappa shape index (κ3) is 5.71. The van der Waals surface area contributed by atoms with Gasteiger partial charge in [0.15, 0.2) is 0 Å². The van der Waals surface area contributed by atoms with E-state index in [1.165, 1.54) is 0 Å². The Morgan fingerprint density at radius 2 is 2.12 bits per heavy atom. The van der Waals surface area contributed by atoms with Crippen LogP contribution in [0, 0.1) is 19.8 Å². The van der Waals surface area contributed by atoms with Crippen molar-refractivity contribution in [2.75, 3.05) is 19.8 Å². The number of carbonyl (C=O) groups excluding carboxylic acids is 1. The topological polar surface area (TPSA) is 56.1 Å². The van der Waals surface area contributed by atoms with Gasteiger partial charge < -0.3 is 14.6 Å². The molecule has 0 spiro atoms. The molecule has 0 aromatic carbocycles. The lowest BCUT2D eigenvalue weighted by Gasteiger charge is -2.10. The molecular weight excluding hydrogens is 314 g/mol. The molecule has 0 aliphatic carbocycles. The lowest BCUT2D eigenvalue weighted by molar-refractivity contribution is 0.0924. The van der Waals surface area contributed by atoms with Crippen LogP contribution in [0.5, 0.6) is 0 Å². The molecule has 2 heterocycles. The molecule has 0 aliphatic rings. The summed E-state index contributed by atoms with van der Waals surface area (Å²) in [6.45, 7) is 11.0. The Morgan fingerprint density at radius 1 is 1.32 bits per heavy atom. The van der Waals surface area contributed by atoms with Gasteiger partial charge >= 0.3 is 0 Å². The standard InChI is InChI=1S/C20H29N3O2/c1-15(2)14-25-11-7-10-22-20(24)19-12-16(3)23(17(19)4)13-18-8-5-6-9-21-18/h5-6,8-9,12,15H,7,10-11,13-14H2,1-4H3,(H,22,24). The third-order valence-electron chi connectivity index (χ3n) is 4.07. The Labute approximate surface area is 150 Å². The Balaban J connectivity index is 1.89. The Hall–Kier alpha value is -2.14. The van der Waals surface area contributed by atoms with Crippen molar-refractivity contribution in [2.45, 2.75) is 40.7 Å². The molecule has 1 N–H and O–H groups in total. The number of aryl methyl sites for hydroxylation is 1. The van der Waals surface area contributed by atoms with Crippen LogP contribution in [-0.4, -0.2) is 35.2 Å². The first kappa shape index (κ1) is 19.2. The molecule has 2 aromatic heterocycles. The molecule has 0 atom stereocenters. The van der Waals surface area contributed by atoms with Crippen LogP contribution in [0.3, 0.4) is 0 Å². The number of pyridine rings is 1. The van der Waals surface area contributed by atoms with Gasteiger partial charge in [-0.15, -0.1) is 0 Å². The molecular formula is C20H29N3O2. The number of aromatic nitrogens is 2. The fraction of sp³-hybridized carbons (Fsp3) is 0.500. The van der Waals surface area contributed by atoms with Gasteiger partial charge in [-0.1, -0.05) is 19.9 Å². The zero-order chi connectivity index (χ0) is 18.2. The highest BCUT2D eigenvalue weighted by atomic mass is 16.5. The van der Waals surface area contributed by atoms with Gasteiger partial charge in [-0.3, -0.25) is 9.78 Å². The van der Waals surface area contributed by atoms with Gasteiger partial charge in [0.05, 0.1) is 17.8 Å². The molecule has 0 saturated carbocycles. The van der Waals surface area contributed by atoms with E-state index in [1.54, 1.807) is 6.20 Å². The van der Waals surface area contributed by atoms with Gasteiger partial charge in [0.2, 0.25) is 0 Å². The number of nitrogens with zero attached hydrogens (tertiary/aromatic N) is 2. The summed E-state index contributed by atoms with van der Waals surface area (Å²) in [6, 6.07) is 7.83. The normalized spacial score (nSPS) is 11.1. The molecule has 1 amide bonds. The molecule has 0 saturated heterocycles. The van der Waals surface area contributed by atoms with Crippen molar-refractivity contribution < 1.29 is 9.53 Å². The summed E-state index contributed by atoms with van der Waals surface area (Å²) in [7, 11) is 0. The van der Waals surface area contributed by atoms with Crippen LogP contribution in [0.15, 0.2) is 30.5 Å². The molecule has 5 heteroatoms. The maximum Gasteiger partial charge on any atom is 0.253 e. The minimum absolute atomic E-state index is 0.0239. The van der Waals surface area contributed by atoms with Crippen molar-refractivity contribution in [3.63, 3.8) is 0 Å². The van der Waals surface area contributed by atoms with E-state index in [0.29, 0.717) is 25.6 Å². The Morgan fingerprint density at radius 3 is 2.80 bits per heavy atom. The van der Waals surface area contributed by atoms with Gasteiger partial charge in [0.1, 0.15) is 0 Å². The first-order chi connectivity index (χ1) is 12.0. The summed E-state index contributed by atoms with van der Waals surface area (Å²) in [5.41, 5.74) is 3.75. The van der Waals surface area contributed by atoms with E-state index in [-0.39, 0.29) is 5.91 Å². The lowest BCUT2D eigenvalue weighted by atomic mass is 10.2. The molecule has 2 rings (SSSR count). The number of carbonyl (C=O) groups is 1. The zero-order valence-corrected chi connectivity index (χ0v) is 15.7. The predicted molar refractivity (Wildman–Crippen MR) is 99.9 cm³/mol. The van der Waals surface area contributed by atoms with E-state index in [2.05, 4.69) is 28.7 Å². The lowest BCUT2D eigenvalue weighted by Crippen LogP contribution is -2.26. The number of ether oxygens (including phenoxy) is 1. The summed E-state index contributed by atoms with van der Waals surface area (Å²) in [6.07, 6.45) is 2.61. The minimum atomic E-state index is -0.0239. The second-order valence-corrected chi connectivity index (χ2v) is 6.77. The first-order valence-electron chi connectivity index (χ1n) is 8.91. The molecule has 0 unspecified atom stereocenters. The van der Waals surface area contributed by atoms with Crippen molar-refractivity contribution in [1.29, 1.82) is 0 Å². The van der Waals surface area contributed by atoms with E-state index < -0.39 is 0 Å². The molecule has 0 fully saturated rings. The fourth-order valence-corrected chi connectivity index (χ4v) is 2.72. The van der Waals surface area contributed by atoms with Crippen LogP contribution in [-0.2, 0) is 11.3 Å². The van der Waals surface area contributed by atoms with Crippen LogP contribution >= 0.6 is 0 Å². The second-order valence-electron chi connectivity index (χ2n) is 6.77. The molecule has 0 aliphatic heterocycles. The van der Waals surface area contributed by atoms with Crippen molar-refractivity contribution in [3.05, 3.63) is 53.1 Å². The summed E-state index contributed by atoms with van der Waals surface area (Å²) in [5, 5.41) is 2.98.